The van der Waals surface area contributed by atoms with Gasteiger partial charge in [-0.1, -0.05) is 0 Å². The van der Waals surface area contributed by atoms with E-state index >= 15 is 0 Å². The number of carbonyl (C=O) groups is 1. The highest BCUT2D eigenvalue weighted by Gasteiger charge is 2.45. The van der Waals surface area contributed by atoms with Crippen LogP contribution in [-0.2, 0) is 0 Å². The Bertz CT molecular complexity index is 1350. The largest absolute Gasteiger partial charge is 0.492 e. The predicted molar refractivity (Wildman–Crippen MR) is 127 cm³/mol. The highest BCUT2D eigenvalue weighted by Crippen LogP contribution is 2.39. The summed E-state index contributed by atoms with van der Waals surface area (Å²) in [6.45, 7) is 4.78. The molecule has 6 heterocycles. The number of nitrogens with one attached hydrogen (secondary N) is 1. The summed E-state index contributed by atoms with van der Waals surface area (Å²) in [4.78, 5) is 20.4. The lowest BCUT2D eigenvalue weighted by molar-refractivity contribution is 0.0871. The first kappa shape index (κ1) is 20.8. The van der Waals surface area contributed by atoms with Gasteiger partial charge in [0, 0.05) is 42.5 Å². The number of nitrogens with zero attached hydrogens (tertiary/aromatic N) is 6. The zero-order valence-electron chi connectivity index (χ0n) is 19.1. The van der Waals surface area contributed by atoms with E-state index in [0.29, 0.717) is 13.2 Å². The fraction of sp³-hybridized carbons (Fsp3) is 0.417. The van der Waals surface area contributed by atoms with Crippen LogP contribution in [0.25, 0.3) is 27.7 Å². The Hall–Kier alpha value is -3.82. The number of rotatable bonds is 4. The topological polar surface area (TPSA) is 112 Å². The molecule has 0 bridgehead atoms. The zero-order chi connectivity index (χ0) is 23.3. The molecule has 2 N–H and O–H groups in total. The highest BCUT2D eigenvalue weighted by molar-refractivity contribution is 6.00. The molecular formula is C24H27N7O3. The minimum atomic E-state index is -0.791. The van der Waals surface area contributed by atoms with Crippen molar-refractivity contribution in [2.45, 2.75) is 38.1 Å². The Morgan fingerprint density at radius 1 is 1.21 bits per heavy atom. The summed E-state index contributed by atoms with van der Waals surface area (Å²) in [7, 11) is 0. The smallest absolute Gasteiger partial charge is 0.407 e. The first-order valence-electron chi connectivity index (χ1n) is 11.8. The molecule has 4 aromatic rings. The van der Waals surface area contributed by atoms with E-state index in [4.69, 9.17) is 9.72 Å². The minimum Gasteiger partial charge on any atom is -0.492 e. The van der Waals surface area contributed by atoms with E-state index in [9.17, 15) is 9.90 Å². The molecule has 2 saturated heterocycles. The highest BCUT2D eigenvalue weighted by atomic mass is 16.5. The van der Waals surface area contributed by atoms with E-state index in [1.54, 1.807) is 11.1 Å². The Kier molecular flexibility index (Phi) is 4.82. The van der Waals surface area contributed by atoms with Crippen molar-refractivity contribution in [2.24, 2.45) is 0 Å². The number of H-pyrrole nitrogens is 1. The van der Waals surface area contributed by atoms with Gasteiger partial charge in [0.25, 0.3) is 0 Å². The second kappa shape index (κ2) is 7.89. The van der Waals surface area contributed by atoms with Crippen molar-refractivity contribution in [3.05, 3.63) is 36.8 Å². The second-order valence-corrected chi connectivity index (χ2v) is 9.10. The van der Waals surface area contributed by atoms with Gasteiger partial charge in [0.2, 0.25) is 0 Å². The minimum absolute atomic E-state index is 0.203. The number of ether oxygens (including phenoxy) is 1. The molecule has 0 aromatic carbocycles. The molecule has 0 atom stereocenters. The molecule has 6 rings (SSSR count). The monoisotopic (exact) mass is 461 g/mol. The third-order valence-electron chi connectivity index (χ3n) is 7.32. The number of likely N-dealkylation sites (tertiary alicyclic amines) is 1. The number of aromatic amines is 1. The average molecular weight is 462 g/mol. The van der Waals surface area contributed by atoms with Crippen molar-refractivity contribution in [1.82, 2.24) is 29.7 Å². The number of piperidine rings is 1. The van der Waals surface area contributed by atoms with Crippen LogP contribution in [0.4, 0.5) is 10.6 Å². The number of hydrogen-bond acceptors (Lipinski definition) is 6. The molecule has 1 spiro atoms. The molecule has 176 valence electrons. The third kappa shape index (κ3) is 3.24. The van der Waals surface area contributed by atoms with Crippen molar-refractivity contribution >= 4 is 28.5 Å². The fourth-order valence-corrected chi connectivity index (χ4v) is 5.65. The Morgan fingerprint density at radius 3 is 2.79 bits per heavy atom. The van der Waals surface area contributed by atoms with Gasteiger partial charge in [-0.3, -0.25) is 5.10 Å². The van der Waals surface area contributed by atoms with E-state index in [0.717, 1.165) is 78.0 Å². The van der Waals surface area contributed by atoms with Crippen molar-refractivity contribution in [2.75, 3.05) is 31.1 Å². The van der Waals surface area contributed by atoms with E-state index in [-0.39, 0.29) is 5.54 Å². The van der Waals surface area contributed by atoms with Gasteiger partial charge in [-0.2, -0.15) is 5.10 Å². The Labute approximate surface area is 196 Å². The van der Waals surface area contributed by atoms with Crippen LogP contribution in [0.2, 0.25) is 0 Å². The lowest BCUT2D eigenvalue weighted by Gasteiger charge is -2.44. The number of carboxylic acid groups (broad SMARTS) is 1. The van der Waals surface area contributed by atoms with Crippen LogP contribution in [0.3, 0.4) is 0 Å². The van der Waals surface area contributed by atoms with Gasteiger partial charge in [0.15, 0.2) is 5.65 Å². The van der Waals surface area contributed by atoms with Crippen LogP contribution < -0.4 is 9.64 Å². The Balaban J connectivity index is 1.29. The summed E-state index contributed by atoms with van der Waals surface area (Å²) in [5.41, 5.74) is 3.43. The van der Waals surface area contributed by atoms with Gasteiger partial charge < -0.3 is 19.6 Å². The van der Waals surface area contributed by atoms with Crippen molar-refractivity contribution < 1.29 is 14.6 Å². The summed E-state index contributed by atoms with van der Waals surface area (Å²) < 4.78 is 7.61. The molecule has 2 aliphatic rings. The number of aromatic nitrogens is 5. The first-order valence-corrected chi connectivity index (χ1v) is 11.8. The van der Waals surface area contributed by atoms with Gasteiger partial charge >= 0.3 is 6.09 Å². The normalized spacial score (nSPS) is 17.8. The lowest BCUT2D eigenvalue weighted by Crippen LogP contribution is -2.53. The molecular weight excluding hydrogens is 434 g/mol. The van der Waals surface area contributed by atoms with Crippen molar-refractivity contribution in [3.8, 4) is 16.9 Å². The van der Waals surface area contributed by atoms with Gasteiger partial charge in [-0.25, -0.2) is 14.3 Å². The molecule has 2 aliphatic heterocycles. The molecule has 0 saturated carbocycles. The quantitative estimate of drug-likeness (QED) is 0.476. The summed E-state index contributed by atoms with van der Waals surface area (Å²) in [6.07, 6.45) is 8.36. The molecule has 10 nitrogen and oxygen atoms in total. The maximum atomic E-state index is 11.7. The van der Waals surface area contributed by atoms with Gasteiger partial charge in [-0.15, -0.1) is 5.10 Å². The zero-order valence-corrected chi connectivity index (χ0v) is 19.1. The fourth-order valence-electron chi connectivity index (χ4n) is 5.65. The first-order chi connectivity index (χ1) is 16.6. The molecule has 0 aliphatic carbocycles. The van der Waals surface area contributed by atoms with Crippen molar-refractivity contribution in [3.63, 3.8) is 0 Å². The van der Waals surface area contributed by atoms with Crippen LogP contribution >= 0.6 is 0 Å². The Morgan fingerprint density at radius 2 is 2.06 bits per heavy atom. The molecule has 0 unspecified atom stereocenters. The van der Waals surface area contributed by atoms with Gasteiger partial charge in [0.1, 0.15) is 11.6 Å². The number of pyridine rings is 2. The van der Waals surface area contributed by atoms with Crippen LogP contribution in [0.5, 0.6) is 5.75 Å². The van der Waals surface area contributed by atoms with Crippen molar-refractivity contribution in [1.29, 1.82) is 0 Å². The predicted octanol–water partition coefficient (Wildman–Crippen LogP) is 3.78. The van der Waals surface area contributed by atoms with E-state index in [1.165, 1.54) is 0 Å². The SMILES string of the molecule is CCOc1cc(-c2ccc(N3CCC4(CCCN4C(=O)O)CC3)nc2)c2c3cn[nH]c3nn2c1. The molecule has 10 heteroatoms. The summed E-state index contributed by atoms with van der Waals surface area (Å²) in [5.74, 6) is 1.66. The number of anilines is 1. The van der Waals surface area contributed by atoms with E-state index in [1.807, 2.05) is 36.0 Å². The number of hydrogen-bond donors (Lipinski definition) is 2. The van der Waals surface area contributed by atoms with E-state index < -0.39 is 6.09 Å². The maximum absolute atomic E-state index is 11.7. The van der Waals surface area contributed by atoms with Gasteiger partial charge in [0.05, 0.1) is 29.9 Å². The number of amides is 1. The summed E-state index contributed by atoms with van der Waals surface area (Å²) >= 11 is 0. The average Bonchev–Trinajstić information content (AvgIpc) is 3.54. The van der Waals surface area contributed by atoms with Crippen LogP contribution in [-0.4, -0.2) is 72.7 Å². The van der Waals surface area contributed by atoms with Gasteiger partial charge in [-0.05, 0) is 50.8 Å². The standard InChI is InChI=1S/C24H27N7O3/c1-2-34-17-12-18(21-19-14-26-27-22(19)28-31(21)15-17)16-4-5-20(25-13-16)29-10-7-24(8-11-29)6-3-9-30(24)23(32)33/h4-5,12-15H,2-3,6-11H2,1H3,(H,27,28)(H,32,33). The summed E-state index contributed by atoms with van der Waals surface area (Å²) in [6, 6.07) is 6.15. The molecule has 0 radical (unpaired) electrons. The third-order valence-corrected chi connectivity index (χ3v) is 7.32. The molecule has 4 aromatic heterocycles. The number of fused-ring (bicyclic) bond motifs is 3. The maximum Gasteiger partial charge on any atom is 0.407 e. The second-order valence-electron chi connectivity index (χ2n) is 9.10. The molecule has 34 heavy (non-hydrogen) atoms. The van der Waals surface area contributed by atoms with Crippen LogP contribution in [0.15, 0.2) is 36.8 Å². The molecule has 1 amide bonds. The van der Waals surface area contributed by atoms with Crippen LogP contribution in [0.1, 0.15) is 32.6 Å². The van der Waals surface area contributed by atoms with Crippen LogP contribution in [0, 0.1) is 0 Å². The lowest BCUT2D eigenvalue weighted by atomic mass is 9.85. The molecule has 2 fully saturated rings. The van der Waals surface area contributed by atoms with E-state index in [2.05, 4.69) is 26.3 Å². The summed E-state index contributed by atoms with van der Waals surface area (Å²) in [5, 5.41) is 22.2.